The number of nitriles is 1. The first-order chi connectivity index (χ1) is 13.5. The van der Waals surface area contributed by atoms with Crippen molar-refractivity contribution in [2.75, 3.05) is 0 Å². The summed E-state index contributed by atoms with van der Waals surface area (Å²) in [5, 5.41) is 16.9. The minimum Gasteiger partial charge on any atom is -0.423 e. The lowest BCUT2D eigenvalue weighted by atomic mass is 10.1. The molecule has 3 aromatic rings. The first-order valence-electron chi connectivity index (χ1n) is 8.90. The molecule has 142 valence electrons. The molecule has 0 radical (unpaired) electrons. The van der Waals surface area contributed by atoms with Gasteiger partial charge in [0.15, 0.2) is 0 Å². The summed E-state index contributed by atoms with van der Waals surface area (Å²) in [5.41, 5.74) is 3.59. The first-order valence-corrected chi connectivity index (χ1v) is 8.90. The summed E-state index contributed by atoms with van der Waals surface area (Å²) in [4.78, 5) is 12.4. The summed E-state index contributed by atoms with van der Waals surface area (Å²) in [7, 11) is 0. The highest BCUT2D eigenvalue weighted by molar-refractivity contribution is 5.99. The zero-order chi connectivity index (χ0) is 20.1. The van der Waals surface area contributed by atoms with E-state index in [2.05, 4.69) is 21.7 Å². The largest absolute Gasteiger partial charge is 0.423 e. The van der Waals surface area contributed by atoms with Crippen LogP contribution < -0.4 is 4.74 Å². The van der Waals surface area contributed by atoms with Crippen molar-refractivity contribution >= 4 is 12.0 Å². The fourth-order valence-corrected chi connectivity index (χ4v) is 2.96. The molecule has 2 aromatic heterocycles. The molecule has 0 saturated heterocycles. The highest BCUT2D eigenvalue weighted by atomic mass is 16.5. The van der Waals surface area contributed by atoms with Crippen molar-refractivity contribution in [3.8, 4) is 23.3 Å². The molecule has 2 heterocycles. The third kappa shape index (κ3) is 4.01. The summed E-state index contributed by atoms with van der Waals surface area (Å²) in [5.74, 6) is -0.00266. The van der Waals surface area contributed by atoms with Gasteiger partial charge in [0.25, 0.3) is 0 Å². The average molecular weight is 376 g/mol. The van der Waals surface area contributed by atoms with Crippen LogP contribution in [0.25, 0.3) is 17.5 Å². The minimum absolute atomic E-state index is 0.0577. The number of hydrogen-bond donors (Lipinski definition) is 0. The van der Waals surface area contributed by atoms with Gasteiger partial charge in [0, 0.05) is 23.5 Å². The second kappa shape index (κ2) is 8.35. The number of aryl methyl sites for hydroxylation is 1. The molecule has 1 aromatic carbocycles. The molecule has 0 aliphatic heterocycles. The van der Waals surface area contributed by atoms with Crippen LogP contribution >= 0.6 is 0 Å². The summed E-state index contributed by atoms with van der Waals surface area (Å²) >= 11 is 0. The van der Waals surface area contributed by atoms with E-state index in [-0.39, 0.29) is 5.57 Å². The van der Waals surface area contributed by atoms with E-state index in [9.17, 15) is 10.1 Å². The molecule has 3 rings (SSSR count). The number of rotatable bonds is 6. The highest BCUT2D eigenvalue weighted by Gasteiger charge is 2.15. The molecule has 0 aliphatic rings. The van der Waals surface area contributed by atoms with Crippen LogP contribution in [0, 0.1) is 25.2 Å². The standard InChI is InChI=1S/C21H20N4O3/c1-4-9-25-14(2)10-17(15(25)3)11-18(12-22)21(26)28-19-7-5-16(6-8-19)20-24-23-13-27-20/h5-8,10-11,13H,4,9H2,1-3H3/b18-11+. The smallest absolute Gasteiger partial charge is 0.354 e. The second-order valence-corrected chi connectivity index (χ2v) is 6.31. The lowest BCUT2D eigenvalue weighted by Crippen LogP contribution is -2.10. The fourth-order valence-electron chi connectivity index (χ4n) is 2.96. The van der Waals surface area contributed by atoms with E-state index < -0.39 is 5.97 Å². The van der Waals surface area contributed by atoms with Crippen LogP contribution in [-0.4, -0.2) is 20.7 Å². The molecule has 0 fully saturated rings. The molecule has 0 saturated carbocycles. The predicted molar refractivity (Wildman–Crippen MR) is 103 cm³/mol. The molecular weight excluding hydrogens is 356 g/mol. The number of esters is 1. The molecule has 28 heavy (non-hydrogen) atoms. The monoisotopic (exact) mass is 376 g/mol. The van der Waals surface area contributed by atoms with E-state index in [0.717, 1.165) is 29.9 Å². The molecule has 0 amide bonds. The van der Waals surface area contributed by atoms with E-state index in [1.54, 1.807) is 30.3 Å². The van der Waals surface area contributed by atoms with E-state index >= 15 is 0 Å². The molecule has 7 heteroatoms. The fraction of sp³-hybridized carbons (Fsp3) is 0.238. The third-order valence-corrected chi connectivity index (χ3v) is 4.37. The van der Waals surface area contributed by atoms with Gasteiger partial charge in [-0.3, -0.25) is 0 Å². The van der Waals surface area contributed by atoms with Crippen LogP contribution in [-0.2, 0) is 11.3 Å². The Hall–Kier alpha value is -3.66. The van der Waals surface area contributed by atoms with Gasteiger partial charge in [0.1, 0.15) is 17.4 Å². The van der Waals surface area contributed by atoms with Gasteiger partial charge in [0.2, 0.25) is 12.3 Å². The van der Waals surface area contributed by atoms with Crippen LogP contribution in [0.5, 0.6) is 5.75 Å². The van der Waals surface area contributed by atoms with Crippen LogP contribution in [0.3, 0.4) is 0 Å². The van der Waals surface area contributed by atoms with Crippen LogP contribution in [0.15, 0.2) is 46.7 Å². The average Bonchev–Trinajstić information content (AvgIpc) is 3.31. The van der Waals surface area contributed by atoms with Gasteiger partial charge < -0.3 is 13.7 Å². The van der Waals surface area contributed by atoms with Gasteiger partial charge >= 0.3 is 5.97 Å². The van der Waals surface area contributed by atoms with Gasteiger partial charge in [-0.25, -0.2) is 4.79 Å². The summed E-state index contributed by atoms with van der Waals surface area (Å²) in [6.45, 7) is 6.99. The van der Waals surface area contributed by atoms with Crippen LogP contribution in [0.1, 0.15) is 30.3 Å². The lowest BCUT2D eigenvalue weighted by molar-refractivity contribution is -0.129. The first kappa shape index (κ1) is 19.1. The number of carbonyl (C=O) groups excluding carboxylic acids is 1. The van der Waals surface area contributed by atoms with E-state index in [1.807, 2.05) is 26.0 Å². The molecule has 0 bridgehead atoms. The summed E-state index contributed by atoms with van der Waals surface area (Å²) < 4.78 is 12.6. The minimum atomic E-state index is -0.701. The Kier molecular flexibility index (Phi) is 5.70. The number of ether oxygens (including phenoxy) is 1. The molecule has 0 unspecified atom stereocenters. The Morgan fingerprint density at radius 1 is 1.32 bits per heavy atom. The predicted octanol–water partition coefficient (Wildman–Crippen LogP) is 4.08. The maximum atomic E-state index is 12.4. The zero-order valence-corrected chi connectivity index (χ0v) is 16.0. The van der Waals surface area contributed by atoms with Crippen molar-refractivity contribution in [2.45, 2.75) is 33.7 Å². The normalized spacial score (nSPS) is 11.3. The van der Waals surface area contributed by atoms with Crippen molar-refractivity contribution in [1.82, 2.24) is 14.8 Å². The quantitative estimate of drug-likeness (QED) is 0.278. The SMILES string of the molecule is CCCn1c(C)cc(/C=C(\C#N)C(=O)Oc2ccc(-c3nnco3)cc2)c1C. The number of aromatic nitrogens is 3. The molecular formula is C21H20N4O3. The Labute approximate surface area is 162 Å². The Morgan fingerprint density at radius 3 is 2.68 bits per heavy atom. The van der Waals surface area contributed by atoms with Crippen molar-refractivity contribution in [3.63, 3.8) is 0 Å². The maximum absolute atomic E-state index is 12.4. The second-order valence-electron chi connectivity index (χ2n) is 6.31. The Balaban J connectivity index is 1.78. The van der Waals surface area contributed by atoms with E-state index in [0.29, 0.717) is 17.2 Å². The molecule has 0 atom stereocenters. The van der Waals surface area contributed by atoms with Crippen LogP contribution in [0.4, 0.5) is 0 Å². The Morgan fingerprint density at radius 2 is 2.07 bits per heavy atom. The number of carbonyl (C=O) groups is 1. The number of hydrogen-bond acceptors (Lipinski definition) is 6. The number of nitrogens with zero attached hydrogens (tertiary/aromatic N) is 4. The molecule has 7 nitrogen and oxygen atoms in total. The molecule has 0 spiro atoms. The van der Waals surface area contributed by atoms with E-state index in [4.69, 9.17) is 9.15 Å². The summed E-state index contributed by atoms with van der Waals surface area (Å²) in [6.07, 6.45) is 3.82. The van der Waals surface area contributed by atoms with Gasteiger partial charge in [-0.15, -0.1) is 10.2 Å². The van der Waals surface area contributed by atoms with Crippen LogP contribution in [0.2, 0.25) is 0 Å². The van der Waals surface area contributed by atoms with Gasteiger partial charge in [0.05, 0.1) is 0 Å². The molecule has 0 N–H and O–H groups in total. The zero-order valence-electron chi connectivity index (χ0n) is 16.0. The van der Waals surface area contributed by atoms with Crippen molar-refractivity contribution < 1.29 is 13.9 Å². The Bertz CT molecular complexity index is 1040. The van der Waals surface area contributed by atoms with Gasteiger partial charge in [-0.2, -0.15) is 5.26 Å². The van der Waals surface area contributed by atoms with Crippen molar-refractivity contribution in [1.29, 1.82) is 5.26 Å². The topological polar surface area (TPSA) is 93.9 Å². The third-order valence-electron chi connectivity index (χ3n) is 4.37. The molecule has 0 aliphatic carbocycles. The maximum Gasteiger partial charge on any atom is 0.354 e. The van der Waals surface area contributed by atoms with Crippen molar-refractivity contribution in [3.05, 3.63) is 59.2 Å². The van der Waals surface area contributed by atoms with E-state index in [1.165, 1.54) is 6.39 Å². The lowest BCUT2D eigenvalue weighted by Gasteiger charge is -2.07. The van der Waals surface area contributed by atoms with Gasteiger partial charge in [-0.05, 0) is 62.2 Å². The number of benzene rings is 1. The van der Waals surface area contributed by atoms with Crippen molar-refractivity contribution in [2.24, 2.45) is 0 Å². The summed E-state index contributed by atoms with van der Waals surface area (Å²) in [6, 6.07) is 10.5. The van der Waals surface area contributed by atoms with Gasteiger partial charge in [-0.1, -0.05) is 6.92 Å². The highest BCUT2D eigenvalue weighted by Crippen LogP contribution is 2.22.